The fourth-order valence-electron chi connectivity index (χ4n) is 2.56. The summed E-state index contributed by atoms with van der Waals surface area (Å²) in [5, 5.41) is 19.6. The summed E-state index contributed by atoms with van der Waals surface area (Å²) in [7, 11) is 1.59. The molecule has 0 bridgehead atoms. The fraction of sp³-hybridized carbons (Fsp3) is 0.150. The van der Waals surface area contributed by atoms with Crippen molar-refractivity contribution in [2.75, 3.05) is 13.7 Å². The fourth-order valence-corrected chi connectivity index (χ4v) is 3.77. The summed E-state index contributed by atoms with van der Waals surface area (Å²) in [6.07, 6.45) is 1.63. The monoisotopic (exact) mass is 432 g/mol. The van der Waals surface area contributed by atoms with Gasteiger partial charge in [0.05, 0.1) is 27.8 Å². The number of phenols is 1. The van der Waals surface area contributed by atoms with Crippen molar-refractivity contribution < 1.29 is 24.5 Å². The average molecular weight is 433 g/mol. The molecular formula is C20H17ClN2O5S. The summed E-state index contributed by atoms with van der Waals surface area (Å²) in [4.78, 5) is 29.9. The molecule has 0 saturated carbocycles. The van der Waals surface area contributed by atoms with E-state index in [0.717, 1.165) is 11.8 Å². The van der Waals surface area contributed by atoms with Gasteiger partial charge in [0, 0.05) is 7.05 Å². The molecule has 1 fully saturated rings. The van der Waals surface area contributed by atoms with Gasteiger partial charge in [-0.15, -0.1) is 0 Å². The zero-order chi connectivity index (χ0) is 21.1. The number of carboxylic acid groups (broad SMARTS) is 1. The molecule has 0 aliphatic carbocycles. The predicted molar refractivity (Wildman–Crippen MR) is 113 cm³/mol. The number of likely N-dealkylation sites (N-methyl/N-ethyl adjacent to an activating group) is 1. The van der Waals surface area contributed by atoms with Gasteiger partial charge in [-0.3, -0.25) is 9.69 Å². The summed E-state index contributed by atoms with van der Waals surface area (Å²) in [5.41, 5.74) is 1.14. The first-order valence-electron chi connectivity index (χ1n) is 8.55. The van der Waals surface area contributed by atoms with Crippen molar-refractivity contribution in [2.24, 2.45) is 4.99 Å². The number of aliphatic imine (C=N–C) groups is 1. The zero-order valence-electron chi connectivity index (χ0n) is 15.5. The lowest BCUT2D eigenvalue weighted by molar-refractivity contribution is -0.121. The number of aromatic hydroxyl groups is 1. The van der Waals surface area contributed by atoms with Crippen LogP contribution in [0.1, 0.15) is 22.8 Å². The van der Waals surface area contributed by atoms with Crippen molar-refractivity contribution in [3.63, 3.8) is 0 Å². The van der Waals surface area contributed by atoms with E-state index in [1.54, 1.807) is 38.2 Å². The van der Waals surface area contributed by atoms with E-state index in [-0.39, 0.29) is 28.0 Å². The molecule has 3 rings (SSSR count). The van der Waals surface area contributed by atoms with Crippen molar-refractivity contribution in [1.29, 1.82) is 0 Å². The number of amides is 1. The first-order valence-corrected chi connectivity index (χ1v) is 9.74. The molecule has 7 nitrogen and oxygen atoms in total. The molecule has 0 unspecified atom stereocenters. The minimum atomic E-state index is -1.05. The van der Waals surface area contributed by atoms with Crippen LogP contribution in [0.5, 0.6) is 11.5 Å². The lowest BCUT2D eigenvalue weighted by atomic mass is 10.2. The molecule has 0 atom stereocenters. The lowest BCUT2D eigenvalue weighted by Gasteiger charge is -2.08. The van der Waals surface area contributed by atoms with E-state index in [2.05, 4.69) is 4.99 Å². The molecule has 29 heavy (non-hydrogen) atoms. The molecule has 0 aromatic heterocycles. The molecule has 1 saturated heterocycles. The molecular weight excluding hydrogens is 416 g/mol. The van der Waals surface area contributed by atoms with Gasteiger partial charge in [-0.2, -0.15) is 0 Å². The van der Waals surface area contributed by atoms with Gasteiger partial charge in [0.25, 0.3) is 5.91 Å². The Hall–Kier alpha value is -2.97. The number of carboxylic acids is 1. The van der Waals surface area contributed by atoms with Crippen molar-refractivity contribution in [3.8, 4) is 11.5 Å². The van der Waals surface area contributed by atoms with Crippen LogP contribution in [0.3, 0.4) is 0 Å². The van der Waals surface area contributed by atoms with Gasteiger partial charge in [-0.25, -0.2) is 9.79 Å². The molecule has 2 aromatic rings. The van der Waals surface area contributed by atoms with Gasteiger partial charge in [0.2, 0.25) is 0 Å². The van der Waals surface area contributed by atoms with Crippen molar-refractivity contribution >= 4 is 52.2 Å². The maximum Gasteiger partial charge on any atom is 0.335 e. The Labute approximate surface area is 176 Å². The number of rotatable bonds is 5. The summed E-state index contributed by atoms with van der Waals surface area (Å²) in [6, 6.07) is 9.29. The average Bonchev–Trinajstić information content (AvgIpc) is 2.94. The van der Waals surface area contributed by atoms with Crippen LogP contribution in [0, 0.1) is 0 Å². The van der Waals surface area contributed by atoms with Gasteiger partial charge in [-0.1, -0.05) is 17.7 Å². The number of hydrogen-bond acceptors (Lipinski definition) is 6. The van der Waals surface area contributed by atoms with Gasteiger partial charge in [0.15, 0.2) is 16.7 Å². The van der Waals surface area contributed by atoms with Crippen LogP contribution >= 0.6 is 23.4 Å². The smallest absolute Gasteiger partial charge is 0.335 e. The molecule has 2 N–H and O–H groups in total. The van der Waals surface area contributed by atoms with Crippen molar-refractivity contribution in [1.82, 2.24) is 4.90 Å². The van der Waals surface area contributed by atoms with Gasteiger partial charge >= 0.3 is 5.97 Å². The minimum Gasteiger partial charge on any atom is -0.503 e. The SMILES string of the molecule is CCOc1cc(C=C2SC(=Nc3cccc(C(=O)O)c3)N(C)C2=O)cc(Cl)c1O. The standard InChI is InChI=1S/C20H17ClN2O5S/c1-3-28-15-8-11(7-14(21)17(15)24)9-16-18(25)23(2)20(29-16)22-13-6-4-5-12(10-13)19(26)27/h4-10,24H,3H2,1-2H3,(H,26,27). The molecule has 0 radical (unpaired) electrons. The minimum absolute atomic E-state index is 0.113. The normalized spacial score (nSPS) is 16.7. The molecule has 0 spiro atoms. The van der Waals surface area contributed by atoms with E-state index < -0.39 is 5.97 Å². The Morgan fingerprint density at radius 2 is 2.10 bits per heavy atom. The third kappa shape index (κ3) is 4.55. The van der Waals surface area contributed by atoms with E-state index in [0.29, 0.717) is 27.9 Å². The third-order valence-electron chi connectivity index (χ3n) is 3.97. The predicted octanol–water partition coefficient (Wildman–Crippen LogP) is 4.38. The highest BCUT2D eigenvalue weighted by Crippen LogP contribution is 2.38. The van der Waals surface area contributed by atoms with Gasteiger partial charge in [0.1, 0.15) is 0 Å². The van der Waals surface area contributed by atoms with Crippen LogP contribution in [0.15, 0.2) is 46.3 Å². The zero-order valence-corrected chi connectivity index (χ0v) is 17.1. The Morgan fingerprint density at radius 3 is 2.79 bits per heavy atom. The molecule has 1 heterocycles. The topological polar surface area (TPSA) is 99.4 Å². The van der Waals surface area contributed by atoms with Crippen LogP contribution in [0.4, 0.5) is 5.69 Å². The van der Waals surface area contributed by atoms with E-state index >= 15 is 0 Å². The van der Waals surface area contributed by atoms with E-state index in [1.165, 1.54) is 23.1 Å². The second kappa shape index (κ2) is 8.59. The van der Waals surface area contributed by atoms with E-state index in [4.69, 9.17) is 21.4 Å². The number of hydrogen-bond donors (Lipinski definition) is 2. The highest BCUT2D eigenvalue weighted by Gasteiger charge is 2.30. The van der Waals surface area contributed by atoms with Gasteiger partial charge < -0.3 is 14.9 Å². The Balaban J connectivity index is 1.93. The van der Waals surface area contributed by atoms with Crippen molar-refractivity contribution in [3.05, 3.63) is 57.5 Å². The number of aromatic carboxylic acids is 1. The number of carbonyl (C=O) groups is 2. The summed E-state index contributed by atoms with van der Waals surface area (Å²) in [6.45, 7) is 2.14. The summed E-state index contributed by atoms with van der Waals surface area (Å²) >= 11 is 7.20. The van der Waals surface area contributed by atoms with Crippen LogP contribution in [0.2, 0.25) is 5.02 Å². The lowest BCUT2D eigenvalue weighted by Crippen LogP contribution is -2.23. The quantitative estimate of drug-likeness (QED) is 0.680. The molecule has 1 amide bonds. The summed E-state index contributed by atoms with van der Waals surface area (Å²) < 4.78 is 5.36. The number of phenolic OH excluding ortho intramolecular Hbond substituents is 1. The number of benzene rings is 2. The Kier molecular flexibility index (Phi) is 6.14. The Bertz CT molecular complexity index is 1050. The molecule has 150 valence electrons. The highest BCUT2D eigenvalue weighted by atomic mass is 35.5. The van der Waals surface area contributed by atoms with Crippen LogP contribution in [-0.2, 0) is 4.79 Å². The second-order valence-corrected chi connectivity index (χ2v) is 7.42. The molecule has 9 heteroatoms. The molecule has 2 aromatic carbocycles. The number of ether oxygens (including phenoxy) is 1. The van der Waals surface area contributed by atoms with E-state index in [9.17, 15) is 14.7 Å². The Morgan fingerprint density at radius 1 is 1.34 bits per heavy atom. The van der Waals surface area contributed by atoms with Crippen LogP contribution in [0.25, 0.3) is 6.08 Å². The third-order valence-corrected chi connectivity index (χ3v) is 5.32. The largest absolute Gasteiger partial charge is 0.503 e. The van der Waals surface area contributed by atoms with Crippen LogP contribution in [-0.4, -0.2) is 45.8 Å². The number of carbonyl (C=O) groups excluding carboxylic acids is 1. The van der Waals surface area contributed by atoms with Crippen LogP contribution < -0.4 is 4.74 Å². The van der Waals surface area contributed by atoms with E-state index in [1.807, 2.05) is 0 Å². The molecule has 1 aliphatic heterocycles. The highest BCUT2D eigenvalue weighted by molar-refractivity contribution is 8.18. The first-order chi connectivity index (χ1) is 13.8. The maximum atomic E-state index is 12.6. The number of halogens is 1. The van der Waals surface area contributed by atoms with Gasteiger partial charge in [-0.05, 0) is 60.7 Å². The number of amidine groups is 1. The maximum absolute atomic E-state index is 12.6. The summed E-state index contributed by atoms with van der Waals surface area (Å²) in [5.74, 6) is -1.23. The first kappa shape index (κ1) is 20.8. The second-order valence-electron chi connectivity index (χ2n) is 6.01. The van der Waals surface area contributed by atoms with Crippen molar-refractivity contribution in [2.45, 2.75) is 6.92 Å². The number of nitrogens with zero attached hydrogens (tertiary/aromatic N) is 2. The number of thioether (sulfide) groups is 1. The molecule has 1 aliphatic rings.